The number of nitrogens with zero attached hydrogens (tertiary/aromatic N) is 2. The third kappa shape index (κ3) is 2.79. The first-order valence-corrected chi connectivity index (χ1v) is 7.36. The zero-order chi connectivity index (χ0) is 15.1. The molecule has 20 heavy (non-hydrogen) atoms. The van der Waals surface area contributed by atoms with Crippen molar-refractivity contribution in [2.45, 2.75) is 59.9 Å². The molecule has 0 atom stereocenters. The maximum Gasteiger partial charge on any atom is 0.0568 e. The van der Waals surface area contributed by atoms with Crippen LogP contribution < -0.4 is 0 Å². The first-order valence-electron chi connectivity index (χ1n) is 7.36. The highest BCUT2D eigenvalue weighted by Crippen LogP contribution is 2.32. The van der Waals surface area contributed by atoms with E-state index in [9.17, 15) is 0 Å². The van der Waals surface area contributed by atoms with E-state index in [1.54, 1.807) is 0 Å². The van der Waals surface area contributed by atoms with E-state index < -0.39 is 0 Å². The summed E-state index contributed by atoms with van der Waals surface area (Å²) in [6.45, 7) is 15.5. The Hall–Kier alpha value is -1.57. The van der Waals surface area contributed by atoms with Crippen molar-refractivity contribution in [3.05, 3.63) is 41.2 Å². The highest BCUT2D eigenvalue weighted by molar-refractivity contribution is 5.70. The van der Waals surface area contributed by atoms with Crippen LogP contribution in [0.15, 0.2) is 24.5 Å². The van der Waals surface area contributed by atoms with Gasteiger partial charge in [0.1, 0.15) is 0 Å². The summed E-state index contributed by atoms with van der Waals surface area (Å²) in [4.78, 5) is 0. The molecular weight excluding hydrogens is 244 g/mol. The fourth-order valence-corrected chi connectivity index (χ4v) is 2.60. The molecule has 1 heterocycles. The van der Waals surface area contributed by atoms with Gasteiger partial charge in [0.15, 0.2) is 0 Å². The van der Waals surface area contributed by atoms with Crippen LogP contribution in [0.4, 0.5) is 0 Å². The van der Waals surface area contributed by atoms with Crippen molar-refractivity contribution in [3.8, 4) is 11.1 Å². The summed E-state index contributed by atoms with van der Waals surface area (Å²) in [5.74, 6) is 0. The molecule has 0 aliphatic carbocycles. The molecule has 0 radical (unpaired) electrons. The third-order valence-electron chi connectivity index (χ3n) is 3.82. The molecule has 0 spiro atoms. The van der Waals surface area contributed by atoms with Gasteiger partial charge in [-0.3, -0.25) is 4.68 Å². The Morgan fingerprint density at radius 2 is 1.60 bits per heavy atom. The molecule has 0 N–H and O–H groups in total. The lowest BCUT2D eigenvalue weighted by atomic mass is 9.83. The summed E-state index contributed by atoms with van der Waals surface area (Å²) in [6, 6.07) is 5.03. The SMILES string of the molecule is Cc1cc(C(C)(C)C)cc(C)c1-c1cnn(C(C)C)c1. The molecule has 2 rings (SSSR count). The highest BCUT2D eigenvalue weighted by atomic mass is 15.3. The van der Waals surface area contributed by atoms with Crippen molar-refractivity contribution < 1.29 is 0 Å². The summed E-state index contributed by atoms with van der Waals surface area (Å²) in [7, 11) is 0. The highest BCUT2D eigenvalue weighted by Gasteiger charge is 2.17. The molecule has 0 bridgehead atoms. The molecule has 0 saturated carbocycles. The average Bonchev–Trinajstić information content (AvgIpc) is 2.76. The van der Waals surface area contributed by atoms with E-state index in [0.717, 1.165) is 0 Å². The van der Waals surface area contributed by atoms with Crippen molar-refractivity contribution in [1.29, 1.82) is 0 Å². The number of rotatable bonds is 2. The standard InChI is InChI=1S/C18H26N2/c1-12(2)20-11-15(10-19-20)17-13(3)8-16(9-14(17)4)18(5,6)7/h8-12H,1-7H3. The molecule has 0 saturated heterocycles. The van der Waals surface area contributed by atoms with Gasteiger partial charge in [0.2, 0.25) is 0 Å². The second-order valence-corrected chi connectivity index (χ2v) is 7.04. The summed E-state index contributed by atoms with van der Waals surface area (Å²) in [5, 5.41) is 4.46. The van der Waals surface area contributed by atoms with Gasteiger partial charge in [0.05, 0.1) is 6.20 Å². The van der Waals surface area contributed by atoms with E-state index in [2.05, 4.69) is 71.9 Å². The Morgan fingerprint density at radius 3 is 2.00 bits per heavy atom. The quantitative estimate of drug-likeness (QED) is 0.747. The van der Waals surface area contributed by atoms with Gasteiger partial charge in [-0.25, -0.2) is 0 Å². The molecule has 1 aromatic carbocycles. The Kier molecular flexibility index (Phi) is 3.77. The first kappa shape index (κ1) is 14.8. The van der Waals surface area contributed by atoms with Gasteiger partial charge in [-0.05, 0) is 55.4 Å². The number of aromatic nitrogens is 2. The van der Waals surface area contributed by atoms with Gasteiger partial charge in [-0.1, -0.05) is 32.9 Å². The van der Waals surface area contributed by atoms with Gasteiger partial charge < -0.3 is 0 Å². The molecular formula is C18H26N2. The number of aryl methyl sites for hydroxylation is 2. The van der Waals surface area contributed by atoms with E-state index in [0.29, 0.717) is 6.04 Å². The van der Waals surface area contributed by atoms with Crippen LogP contribution in [0.25, 0.3) is 11.1 Å². The van der Waals surface area contributed by atoms with Crippen molar-refractivity contribution in [3.63, 3.8) is 0 Å². The van der Waals surface area contributed by atoms with Crippen molar-refractivity contribution in [1.82, 2.24) is 9.78 Å². The third-order valence-corrected chi connectivity index (χ3v) is 3.82. The summed E-state index contributed by atoms with van der Waals surface area (Å²) >= 11 is 0. The second kappa shape index (κ2) is 5.08. The zero-order valence-corrected chi connectivity index (χ0v) is 13.8. The van der Waals surface area contributed by atoms with Crippen LogP contribution in [0.1, 0.15) is 57.4 Å². The van der Waals surface area contributed by atoms with Gasteiger partial charge in [0, 0.05) is 17.8 Å². The molecule has 0 unspecified atom stereocenters. The summed E-state index contributed by atoms with van der Waals surface area (Å²) < 4.78 is 2.02. The van der Waals surface area contributed by atoms with Gasteiger partial charge in [0.25, 0.3) is 0 Å². The molecule has 0 aliphatic heterocycles. The predicted octanol–water partition coefficient (Wildman–Crippen LogP) is 5.05. The number of benzene rings is 1. The van der Waals surface area contributed by atoms with Crippen LogP contribution >= 0.6 is 0 Å². The lowest BCUT2D eigenvalue weighted by Crippen LogP contribution is -2.12. The average molecular weight is 270 g/mol. The molecule has 0 fully saturated rings. The smallest absolute Gasteiger partial charge is 0.0568 e. The Morgan fingerprint density at radius 1 is 1.05 bits per heavy atom. The van der Waals surface area contributed by atoms with E-state index in [-0.39, 0.29) is 5.41 Å². The summed E-state index contributed by atoms with van der Waals surface area (Å²) in [5.41, 5.74) is 6.79. The van der Waals surface area contributed by atoms with Crippen LogP contribution in [-0.4, -0.2) is 9.78 Å². The number of hydrogen-bond acceptors (Lipinski definition) is 1. The van der Waals surface area contributed by atoms with Crippen molar-refractivity contribution in [2.24, 2.45) is 0 Å². The van der Waals surface area contributed by atoms with Crippen LogP contribution in [-0.2, 0) is 5.41 Å². The topological polar surface area (TPSA) is 17.8 Å². The molecule has 2 aromatic rings. The van der Waals surface area contributed by atoms with Crippen molar-refractivity contribution >= 4 is 0 Å². The molecule has 108 valence electrons. The Labute approximate surface area is 122 Å². The molecule has 2 nitrogen and oxygen atoms in total. The van der Waals surface area contributed by atoms with Crippen LogP contribution in [0.2, 0.25) is 0 Å². The van der Waals surface area contributed by atoms with Gasteiger partial charge >= 0.3 is 0 Å². The van der Waals surface area contributed by atoms with Crippen molar-refractivity contribution in [2.75, 3.05) is 0 Å². The normalized spacial score (nSPS) is 12.2. The fraction of sp³-hybridized carbons (Fsp3) is 0.500. The van der Waals surface area contributed by atoms with E-state index in [1.165, 1.54) is 27.8 Å². The first-order chi connectivity index (χ1) is 9.20. The van der Waals surface area contributed by atoms with Crippen LogP contribution in [0.5, 0.6) is 0 Å². The van der Waals surface area contributed by atoms with E-state index in [1.807, 2.05) is 10.9 Å². The van der Waals surface area contributed by atoms with Gasteiger partial charge in [-0.15, -0.1) is 0 Å². The lowest BCUT2D eigenvalue weighted by molar-refractivity contribution is 0.532. The van der Waals surface area contributed by atoms with E-state index >= 15 is 0 Å². The maximum absolute atomic E-state index is 4.46. The maximum atomic E-state index is 4.46. The minimum atomic E-state index is 0.191. The Balaban J connectivity index is 2.52. The Bertz CT molecular complexity index is 590. The fourth-order valence-electron chi connectivity index (χ4n) is 2.60. The monoisotopic (exact) mass is 270 g/mol. The van der Waals surface area contributed by atoms with Crippen LogP contribution in [0, 0.1) is 13.8 Å². The molecule has 0 aliphatic rings. The lowest BCUT2D eigenvalue weighted by Gasteiger charge is -2.22. The van der Waals surface area contributed by atoms with E-state index in [4.69, 9.17) is 0 Å². The molecule has 0 amide bonds. The number of hydrogen-bond donors (Lipinski definition) is 0. The molecule has 1 aromatic heterocycles. The largest absolute Gasteiger partial charge is 0.270 e. The zero-order valence-electron chi connectivity index (χ0n) is 13.8. The van der Waals surface area contributed by atoms with Crippen LogP contribution in [0.3, 0.4) is 0 Å². The minimum Gasteiger partial charge on any atom is -0.270 e. The van der Waals surface area contributed by atoms with Gasteiger partial charge in [-0.2, -0.15) is 5.10 Å². The second-order valence-electron chi connectivity index (χ2n) is 7.04. The molecule has 2 heteroatoms. The minimum absolute atomic E-state index is 0.191. The summed E-state index contributed by atoms with van der Waals surface area (Å²) in [6.07, 6.45) is 4.13. The predicted molar refractivity (Wildman–Crippen MR) is 86.2 cm³/mol.